The van der Waals surface area contributed by atoms with Gasteiger partial charge in [0.15, 0.2) is 0 Å². The number of rotatable bonds is 1. The third-order valence-electron chi connectivity index (χ3n) is 2.02. The zero-order chi connectivity index (χ0) is 10.1. The van der Waals surface area contributed by atoms with E-state index in [1.54, 1.807) is 0 Å². The Morgan fingerprint density at radius 3 is 2.31 bits per heavy atom. The second kappa shape index (κ2) is 5.72. The van der Waals surface area contributed by atoms with Gasteiger partial charge in [-0.25, -0.2) is 4.98 Å². The molecular weight excluding hydrogens is 247 g/mol. The van der Waals surface area contributed by atoms with Crippen molar-refractivity contribution in [3.63, 3.8) is 0 Å². The Labute approximate surface area is 107 Å². The molecule has 0 aliphatic rings. The average molecular weight is 261 g/mol. The van der Waals surface area contributed by atoms with E-state index >= 15 is 0 Å². The van der Waals surface area contributed by atoms with Crippen molar-refractivity contribution in [1.82, 2.24) is 9.97 Å². The summed E-state index contributed by atoms with van der Waals surface area (Å²) in [7, 11) is 3.88. The molecule has 0 saturated heterocycles. The first-order chi connectivity index (χ1) is 6.68. The number of anilines is 2. The van der Waals surface area contributed by atoms with Crippen molar-refractivity contribution in [2.75, 3.05) is 24.7 Å². The van der Waals surface area contributed by atoms with Crippen LogP contribution >= 0.6 is 24.8 Å². The number of hydrogen-bond donors (Lipinski definition) is 1. The summed E-state index contributed by atoms with van der Waals surface area (Å²) in [5.74, 6) is 1.17. The zero-order valence-electron chi connectivity index (χ0n) is 9.04. The Kier molecular flexibility index (Phi) is 5.27. The molecule has 0 unspecified atom stereocenters. The maximum absolute atomic E-state index is 5.61. The van der Waals surface area contributed by atoms with Gasteiger partial charge in [-0.15, -0.1) is 24.8 Å². The molecule has 88 valence electrons. The van der Waals surface area contributed by atoms with Gasteiger partial charge in [-0.2, -0.15) is 4.98 Å². The molecule has 0 amide bonds. The first-order valence-corrected chi connectivity index (χ1v) is 4.38. The van der Waals surface area contributed by atoms with E-state index in [4.69, 9.17) is 5.73 Å². The van der Waals surface area contributed by atoms with Gasteiger partial charge >= 0.3 is 0 Å². The number of halogens is 2. The van der Waals surface area contributed by atoms with E-state index in [-0.39, 0.29) is 24.8 Å². The number of nitrogens with zero attached hydrogens (tertiary/aromatic N) is 3. The van der Waals surface area contributed by atoms with Crippen LogP contribution in [-0.4, -0.2) is 24.1 Å². The Balaban J connectivity index is 0.00000112. The fourth-order valence-corrected chi connectivity index (χ4v) is 1.42. The highest BCUT2D eigenvalue weighted by Gasteiger charge is 2.06. The highest BCUT2D eigenvalue weighted by molar-refractivity contribution is 5.90. The summed E-state index contributed by atoms with van der Waals surface area (Å²) >= 11 is 0. The summed E-state index contributed by atoms with van der Waals surface area (Å²) in [5, 5.41) is 1.02. The fraction of sp³-hybridized carbons (Fsp3) is 0.200. The summed E-state index contributed by atoms with van der Waals surface area (Å²) in [6.07, 6.45) is 0. The third-order valence-corrected chi connectivity index (χ3v) is 2.02. The first-order valence-electron chi connectivity index (χ1n) is 4.38. The molecule has 2 N–H and O–H groups in total. The molecule has 1 heterocycles. The predicted molar refractivity (Wildman–Crippen MR) is 72.8 cm³/mol. The van der Waals surface area contributed by atoms with Gasteiger partial charge in [0.05, 0.1) is 5.52 Å². The Morgan fingerprint density at radius 2 is 1.69 bits per heavy atom. The van der Waals surface area contributed by atoms with Crippen molar-refractivity contribution in [2.24, 2.45) is 0 Å². The van der Waals surface area contributed by atoms with Gasteiger partial charge < -0.3 is 10.6 Å². The summed E-state index contributed by atoms with van der Waals surface area (Å²) in [4.78, 5) is 10.3. The largest absolute Gasteiger partial charge is 0.368 e. The van der Waals surface area contributed by atoms with E-state index in [2.05, 4.69) is 9.97 Å². The highest BCUT2D eigenvalue weighted by Crippen LogP contribution is 2.22. The number of fused-ring (bicyclic) bond motifs is 1. The average Bonchev–Trinajstić information content (AvgIpc) is 2.16. The van der Waals surface area contributed by atoms with E-state index < -0.39 is 0 Å². The normalized spacial score (nSPS) is 9.12. The Bertz CT molecular complexity index is 473. The first kappa shape index (κ1) is 14.7. The maximum Gasteiger partial charge on any atom is 0.222 e. The molecule has 0 radical (unpaired) electrons. The number of hydrogen-bond acceptors (Lipinski definition) is 4. The zero-order valence-corrected chi connectivity index (χ0v) is 10.7. The minimum Gasteiger partial charge on any atom is -0.368 e. The van der Waals surface area contributed by atoms with Crippen molar-refractivity contribution >= 4 is 47.5 Å². The van der Waals surface area contributed by atoms with E-state index in [0.717, 1.165) is 16.7 Å². The molecule has 0 saturated carbocycles. The molecule has 16 heavy (non-hydrogen) atoms. The van der Waals surface area contributed by atoms with Gasteiger partial charge in [-0.05, 0) is 12.1 Å². The highest BCUT2D eigenvalue weighted by atomic mass is 35.5. The van der Waals surface area contributed by atoms with Crippen LogP contribution in [0.5, 0.6) is 0 Å². The molecule has 6 heteroatoms. The van der Waals surface area contributed by atoms with Gasteiger partial charge in [0.1, 0.15) is 5.82 Å². The Morgan fingerprint density at radius 1 is 1.06 bits per heavy atom. The number of para-hydroxylation sites is 1. The van der Waals surface area contributed by atoms with Crippen LogP contribution in [0.1, 0.15) is 0 Å². The molecule has 4 nitrogen and oxygen atoms in total. The Hall–Kier alpha value is -1.26. The number of nitrogen functional groups attached to an aromatic ring is 1. The monoisotopic (exact) mass is 260 g/mol. The van der Waals surface area contributed by atoms with Gasteiger partial charge in [0, 0.05) is 19.5 Å². The van der Waals surface area contributed by atoms with Crippen LogP contribution in [0.3, 0.4) is 0 Å². The summed E-state index contributed by atoms with van der Waals surface area (Å²) in [5.41, 5.74) is 6.49. The van der Waals surface area contributed by atoms with Crippen molar-refractivity contribution in [3.05, 3.63) is 24.3 Å². The molecule has 1 aromatic carbocycles. The summed E-state index contributed by atoms with van der Waals surface area (Å²) in [6.45, 7) is 0. The van der Waals surface area contributed by atoms with Crippen LogP contribution in [0.2, 0.25) is 0 Å². The van der Waals surface area contributed by atoms with Crippen molar-refractivity contribution in [1.29, 1.82) is 0 Å². The summed E-state index contributed by atoms with van der Waals surface area (Å²) in [6, 6.07) is 7.83. The van der Waals surface area contributed by atoms with E-state index in [9.17, 15) is 0 Å². The van der Waals surface area contributed by atoms with Crippen LogP contribution in [0.25, 0.3) is 10.9 Å². The molecule has 0 aliphatic heterocycles. The lowest BCUT2D eigenvalue weighted by molar-refractivity contribution is 1.07. The molecule has 2 rings (SSSR count). The molecular formula is C10H14Cl2N4. The van der Waals surface area contributed by atoms with Gasteiger partial charge in [-0.3, -0.25) is 0 Å². The van der Waals surface area contributed by atoms with Crippen LogP contribution in [-0.2, 0) is 0 Å². The van der Waals surface area contributed by atoms with Gasteiger partial charge in [0.2, 0.25) is 5.95 Å². The van der Waals surface area contributed by atoms with E-state index in [1.807, 2.05) is 43.3 Å². The molecule has 0 bridgehead atoms. The third kappa shape index (κ3) is 2.65. The maximum atomic E-state index is 5.61. The quantitative estimate of drug-likeness (QED) is 0.854. The van der Waals surface area contributed by atoms with Crippen molar-refractivity contribution in [3.8, 4) is 0 Å². The molecule has 0 atom stereocenters. The smallest absolute Gasteiger partial charge is 0.222 e. The van der Waals surface area contributed by atoms with E-state index in [1.165, 1.54) is 0 Å². The number of nitrogens with two attached hydrogens (primary N) is 1. The van der Waals surface area contributed by atoms with Gasteiger partial charge in [-0.1, -0.05) is 12.1 Å². The van der Waals surface area contributed by atoms with Crippen molar-refractivity contribution < 1.29 is 0 Å². The van der Waals surface area contributed by atoms with Gasteiger partial charge in [0.25, 0.3) is 0 Å². The topological polar surface area (TPSA) is 55.0 Å². The molecule has 1 aromatic heterocycles. The molecule has 2 aromatic rings. The lowest BCUT2D eigenvalue weighted by atomic mass is 10.2. The standard InChI is InChI=1S/C10H12N4.2ClH/c1-14(2)9-7-5-3-4-6-8(7)12-10(11)13-9;;/h3-6H,1-2H3,(H2,11,12,13);2*1H. The lowest BCUT2D eigenvalue weighted by Crippen LogP contribution is -2.12. The van der Waals surface area contributed by atoms with Crippen LogP contribution in [0.4, 0.5) is 11.8 Å². The fourth-order valence-electron chi connectivity index (χ4n) is 1.42. The number of aromatic nitrogens is 2. The van der Waals surface area contributed by atoms with Crippen molar-refractivity contribution in [2.45, 2.75) is 0 Å². The van der Waals surface area contributed by atoms with Crippen LogP contribution in [0, 0.1) is 0 Å². The molecule has 0 fully saturated rings. The lowest BCUT2D eigenvalue weighted by Gasteiger charge is -2.13. The van der Waals surface area contributed by atoms with E-state index in [0.29, 0.717) is 5.95 Å². The SMILES string of the molecule is CN(C)c1nc(N)nc2ccccc12.Cl.Cl. The van der Waals surface area contributed by atoms with Crippen LogP contribution in [0.15, 0.2) is 24.3 Å². The number of benzene rings is 1. The summed E-state index contributed by atoms with van der Waals surface area (Å²) < 4.78 is 0. The minimum atomic E-state index is 0. The second-order valence-electron chi connectivity index (χ2n) is 3.32. The predicted octanol–water partition coefficient (Wildman–Crippen LogP) is 2.12. The second-order valence-corrected chi connectivity index (χ2v) is 3.32. The minimum absolute atomic E-state index is 0. The molecule has 0 aliphatic carbocycles. The van der Waals surface area contributed by atoms with Crippen LogP contribution < -0.4 is 10.6 Å². The molecule has 0 spiro atoms.